The molecule has 0 saturated carbocycles. The van der Waals surface area contributed by atoms with Crippen LogP contribution < -0.4 is 0 Å². The first-order valence-electron chi connectivity index (χ1n) is 3.57. The summed E-state index contributed by atoms with van der Waals surface area (Å²) in [6.07, 6.45) is 3.03. The molecule has 2 heterocycles. The normalized spacial score (nSPS) is 21.1. The van der Waals surface area contributed by atoms with Crippen LogP contribution in [0.5, 0.6) is 0 Å². The molecule has 5 nitrogen and oxygen atoms in total. The minimum Gasteiger partial charge on any atom is -0.494 e. The number of aliphatic hydroxyl groups is 1. The monoisotopic (exact) mass is 164 g/mol. The molecule has 12 heavy (non-hydrogen) atoms. The summed E-state index contributed by atoms with van der Waals surface area (Å²) in [5.41, 5.74) is 0.748. The Labute approximate surface area is 69.5 Å². The standard InChI is InChI=1S/C7H8N4O/c1-5-2-6(12)11-4-8-3-9-7(11)10-5/h2-3,12H,4H2,1H3. The number of nitrogens with zero attached hydrogens (tertiary/aromatic N) is 4. The first-order valence-corrected chi connectivity index (χ1v) is 3.57. The number of aliphatic imine (C=N–C) groups is 3. The lowest BCUT2D eigenvalue weighted by molar-refractivity contribution is 0.275. The maximum atomic E-state index is 9.43. The third-order valence-electron chi connectivity index (χ3n) is 1.61. The predicted molar refractivity (Wildman–Crippen MR) is 46.5 cm³/mol. The Kier molecular flexibility index (Phi) is 1.43. The van der Waals surface area contributed by atoms with Crippen molar-refractivity contribution in [2.75, 3.05) is 6.67 Å². The molecule has 0 aliphatic carbocycles. The van der Waals surface area contributed by atoms with Crippen molar-refractivity contribution in [3.8, 4) is 0 Å². The summed E-state index contributed by atoms with van der Waals surface area (Å²) in [4.78, 5) is 13.4. The van der Waals surface area contributed by atoms with Gasteiger partial charge in [-0.3, -0.25) is 9.89 Å². The number of fused-ring (bicyclic) bond motifs is 1. The number of rotatable bonds is 0. The fraction of sp³-hybridized carbons (Fsp3) is 0.286. The highest BCUT2D eigenvalue weighted by molar-refractivity contribution is 6.06. The van der Waals surface area contributed by atoms with E-state index < -0.39 is 0 Å². The molecule has 0 aromatic heterocycles. The topological polar surface area (TPSA) is 60.5 Å². The third-order valence-corrected chi connectivity index (χ3v) is 1.61. The summed E-state index contributed by atoms with van der Waals surface area (Å²) < 4.78 is 0. The van der Waals surface area contributed by atoms with E-state index in [1.54, 1.807) is 6.08 Å². The molecule has 1 N–H and O–H groups in total. The lowest BCUT2D eigenvalue weighted by atomic mass is 10.3. The summed E-state index contributed by atoms with van der Waals surface area (Å²) in [6.45, 7) is 2.19. The maximum absolute atomic E-state index is 9.43. The molecule has 0 atom stereocenters. The van der Waals surface area contributed by atoms with Crippen molar-refractivity contribution in [3.63, 3.8) is 0 Å². The number of hydrogen-bond acceptors (Lipinski definition) is 5. The highest BCUT2D eigenvalue weighted by Crippen LogP contribution is 2.11. The summed E-state index contributed by atoms with van der Waals surface area (Å²) >= 11 is 0. The van der Waals surface area contributed by atoms with Crippen LogP contribution in [-0.4, -0.2) is 34.7 Å². The van der Waals surface area contributed by atoms with E-state index in [0.717, 1.165) is 5.71 Å². The number of allylic oxidation sites excluding steroid dienone is 1. The highest BCUT2D eigenvalue weighted by Gasteiger charge is 2.20. The van der Waals surface area contributed by atoms with Gasteiger partial charge in [-0.25, -0.2) is 9.98 Å². The van der Waals surface area contributed by atoms with E-state index in [-0.39, 0.29) is 5.88 Å². The van der Waals surface area contributed by atoms with Gasteiger partial charge in [0.15, 0.2) is 5.88 Å². The lowest BCUT2D eigenvalue weighted by Gasteiger charge is -2.24. The largest absolute Gasteiger partial charge is 0.494 e. The molecule has 0 fully saturated rings. The van der Waals surface area contributed by atoms with Gasteiger partial charge < -0.3 is 5.11 Å². The van der Waals surface area contributed by atoms with E-state index in [4.69, 9.17) is 0 Å². The quantitative estimate of drug-likeness (QED) is 0.567. The summed E-state index contributed by atoms with van der Waals surface area (Å²) in [5, 5.41) is 9.43. The average Bonchev–Trinajstić information content (AvgIpc) is 2.04. The van der Waals surface area contributed by atoms with Gasteiger partial charge in [-0.15, -0.1) is 0 Å². The van der Waals surface area contributed by atoms with Crippen molar-refractivity contribution in [2.45, 2.75) is 6.92 Å². The lowest BCUT2D eigenvalue weighted by Crippen LogP contribution is -2.34. The second kappa shape index (κ2) is 2.44. The second-order valence-electron chi connectivity index (χ2n) is 2.55. The molecular weight excluding hydrogens is 156 g/mol. The van der Waals surface area contributed by atoms with Crippen molar-refractivity contribution < 1.29 is 5.11 Å². The Morgan fingerprint density at radius 2 is 2.42 bits per heavy atom. The average molecular weight is 164 g/mol. The van der Waals surface area contributed by atoms with Gasteiger partial charge in [0.2, 0.25) is 5.96 Å². The number of hydrogen-bond donors (Lipinski definition) is 1. The van der Waals surface area contributed by atoms with Crippen molar-refractivity contribution >= 4 is 18.0 Å². The molecule has 0 bridgehead atoms. The van der Waals surface area contributed by atoms with Crippen molar-refractivity contribution in [3.05, 3.63) is 12.0 Å². The van der Waals surface area contributed by atoms with Crippen LogP contribution in [0, 0.1) is 0 Å². The molecule has 0 aromatic carbocycles. The minimum absolute atomic E-state index is 0.151. The molecule has 62 valence electrons. The van der Waals surface area contributed by atoms with Crippen molar-refractivity contribution in [1.29, 1.82) is 0 Å². The van der Waals surface area contributed by atoms with E-state index in [1.165, 1.54) is 11.2 Å². The van der Waals surface area contributed by atoms with Crippen LogP contribution in [0.15, 0.2) is 26.9 Å². The van der Waals surface area contributed by atoms with Crippen LogP contribution in [0.25, 0.3) is 0 Å². The summed E-state index contributed by atoms with van der Waals surface area (Å²) in [7, 11) is 0. The van der Waals surface area contributed by atoms with E-state index in [9.17, 15) is 5.11 Å². The van der Waals surface area contributed by atoms with E-state index in [2.05, 4.69) is 15.0 Å². The second-order valence-corrected chi connectivity index (χ2v) is 2.55. The van der Waals surface area contributed by atoms with Crippen LogP contribution in [0.2, 0.25) is 0 Å². The zero-order chi connectivity index (χ0) is 8.55. The fourth-order valence-electron chi connectivity index (χ4n) is 1.06. The summed E-state index contributed by atoms with van der Waals surface area (Å²) in [5.74, 6) is 0.653. The summed E-state index contributed by atoms with van der Waals surface area (Å²) in [6, 6.07) is 0. The Morgan fingerprint density at radius 1 is 1.58 bits per heavy atom. The Hall–Kier alpha value is -1.65. The molecule has 0 radical (unpaired) electrons. The predicted octanol–water partition coefficient (Wildman–Crippen LogP) is 0.518. The van der Waals surface area contributed by atoms with Gasteiger partial charge in [0, 0.05) is 11.8 Å². The zero-order valence-electron chi connectivity index (χ0n) is 6.60. The van der Waals surface area contributed by atoms with Crippen LogP contribution in [0.1, 0.15) is 6.92 Å². The molecule has 2 aliphatic rings. The van der Waals surface area contributed by atoms with Gasteiger partial charge >= 0.3 is 0 Å². The van der Waals surface area contributed by atoms with Crippen LogP contribution >= 0.6 is 0 Å². The Balaban J connectivity index is 2.41. The molecule has 0 spiro atoms. The number of aliphatic hydroxyl groups excluding tert-OH is 1. The molecular formula is C7H8N4O. The number of guanidine groups is 1. The molecule has 0 saturated heterocycles. The highest BCUT2D eigenvalue weighted by atomic mass is 16.3. The maximum Gasteiger partial charge on any atom is 0.235 e. The molecule has 0 aromatic rings. The van der Waals surface area contributed by atoms with E-state index in [0.29, 0.717) is 12.6 Å². The van der Waals surface area contributed by atoms with Gasteiger partial charge in [0.25, 0.3) is 0 Å². The van der Waals surface area contributed by atoms with Crippen LogP contribution in [0.3, 0.4) is 0 Å². The van der Waals surface area contributed by atoms with Crippen LogP contribution in [0.4, 0.5) is 0 Å². The minimum atomic E-state index is 0.151. The molecule has 0 amide bonds. The molecule has 2 rings (SSSR count). The van der Waals surface area contributed by atoms with Gasteiger partial charge in [0.05, 0.1) is 0 Å². The SMILES string of the molecule is CC1=NC2=NC=NCN2C(O)=C1. The zero-order valence-corrected chi connectivity index (χ0v) is 6.60. The first kappa shape index (κ1) is 7.02. The Bertz CT molecular complexity index is 326. The smallest absolute Gasteiger partial charge is 0.235 e. The van der Waals surface area contributed by atoms with Gasteiger partial charge in [0.1, 0.15) is 13.0 Å². The molecule has 5 heteroatoms. The van der Waals surface area contributed by atoms with Crippen LogP contribution in [-0.2, 0) is 0 Å². The van der Waals surface area contributed by atoms with Gasteiger partial charge in [-0.2, -0.15) is 0 Å². The molecule has 2 aliphatic heterocycles. The van der Waals surface area contributed by atoms with Crippen molar-refractivity contribution in [1.82, 2.24) is 4.90 Å². The van der Waals surface area contributed by atoms with E-state index >= 15 is 0 Å². The molecule has 0 unspecified atom stereocenters. The van der Waals surface area contributed by atoms with Crippen molar-refractivity contribution in [2.24, 2.45) is 15.0 Å². The fourth-order valence-corrected chi connectivity index (χ4v) is 1.06. The van der Waals surface area contributed by atoms with Gasteiger partial charge in [-0.1, -0.05) is 0 Å². The third kappa shape index (κ3) is 0.990. The van der Waals surface area contributed by atoms with Gasteiger partial charge in [-0.05, 0) is 6.92 Å². The Morgan fingerprint density at radius 3 is 3.25 bits per heavy atom. The first-order chi connectivity index (χ1) is 5.77. The van der Waals surface area contributed by atoms with E-state index in [1.807, 2.05) is 6.92 Å².